The number of aromatic nitrogens is 4. The maximum absolute atomic E-state index is 14.0. The number of nitrogens with zero attached hydrogens (tertiary/aromatic N) is 4. The number of rotatable bonds is 4. The van der Waals surface area contributed by atoms with Crippen LogP contribution in [-0.2, 0) is 6.54 Å². The molecule has 0 spiro atoms. The lowest BCUT2D eigenvalue weighted by atomic mass is 10.1. The van der Waals surface area contributed by atoms with Gasteiger partial charge in [-0.15, -0.1) is 10.2 Å². The molecule has 0 amide bonds. The van der Waals surface area contributed by atoms with Gasteiger partial charge in [0.2, 0.25) is 5.88 Å². The SMILES string of the molecule is O=c1ncn(Cc2c(F)cc(F)cc2F)c2ccc(Oc3ccc(Cl)nn3)cc12. The number of halogens is 4. The normalized spacial score (nSPS) is 11.0. The summed E-state index contributed by atoms with van der Waals surface area (Å²) in [5, 5.41) is 7.77. The number of fused-ring (bicyclic) bond motifs is 1. The number of hydrogen-bond donors (Lipinski definition) is 0. The largest absolute Gasteiger partial charge is 0.437 e. The average Bonchev–Trinajstić information content (AvgIpc) is 2.68. The van der Waals surface area contributed by atoms with E-state index in [0.717, 1.165) is 6.33 Å². The quantitative estimate of drug-likeness (QED) is 0.499. The number of hydrogen-bond acceptors (Lipinski definition) is 5. The van der Waals surface area contributed by atoms with Crippen molar-refractivity contribution < 1.29 is 17.9 Å². The molecule has 0 atom stereocenters. The Morgan fingerprint density at radius 2 is 1.76 bits per heavy atom. The summed E-state index contributed by atoms with van der Waals surface area (Å²) in [5.41, 5.74) is -0.540. The molecule has 0 fully saturated rings. The Labute approximate surface area is 166 Å². The second-order valence-electron chi connectivity index (χ2n) is 6.00. The van der Waals surface area contributed by atoms with Gasteiger partial charge in [0.1, 0.15) is 23.2 Å². The monoisotopic (exact) mass is 418 g/mol. The minimum Gasteiger partial charge on any atom is -0.437 e. The zero-order valence-electron chi connectivity index (χ0n) is 14.4. The van der Waals surface area contributed by atoms with Crippen molar-refractivity contribution >= 4 is 22.5 Å². The fourth-order valence-corrected chi connectivity index (χ4v) is 2.85. The van der Waals surface area contributed by atoms with Gasteiger partial charge in [0.25, 0.3) is 5.56 Å². The molecule has 0 N–H and O–H groups in total. The van der Waals surface area contributed by atoms with Crippen molar-refractivity contribution in [3.05, 3.63) is 87.3 Å². The minimum absolute atomic E-state index is 0.161. The summed E-state index contributed by atoms with van der Waals surface area (Å²) in [7, 11) is 0. The summed E-state index contributed by atoms with van der Waals surface area (Å²) < 4.78 is 48.0. The summed E-state index contributed by atoms with van der Waals surface area (Å²) >= 11 is 5.67. The van der Waals surface area contributed by atoms with Crippen LogP contribution >= 0.6 is 11.6 Å². The topological polar surface area (TPSA) is 69.9 Å². The van der Waals surface area contributed by atoms with Gasteiger partial charge in [0, 0.05) is 23.8 Å². The fraction of sp³-hybridized carbons (Fsp3) is 0.0526. The van der Waals surface area contributed by atoms with Crippen molar-refractivity contribution in [1.29, 1.82) is 0 Å². The van der Waals surface area contributed by atoms with Crippen LogP contribution in [0, 0.1) is 17.5 Å². The second kappa shape index (κ2) is 7.51. The molecule has 6 nitrogen and oxygen atoms in total. The summed E-state index contributed by atoms with van der Waals surface area (Å²) in [4.78, 5) is 15.9. The molecule has 29 heavy (non-hydrogen) atoms. The van der Waals surface area contributed by atoms with Crippen molar-refractivity contribution in [2.45, 2.75) is 6.54 Å². The molecule has 0 bridgehead atoms. The van der Waals surface area contributed by atoms with Crippen LogP contribution in [-0.4, -0.2) is 19.7 Å². The molecule has 0 saturated carbocycles. The lowest BCUT2D eigenvalue weighted by Crippen LogP contribution is -2.14. The highest BCUT2D eigenvalue weighted by molar-refractivity contribution is 6.29. The predicted octanol–water partition coefficient (Wildman–Crippen LogP) is 4.10. The molecule has 0 unspecified atom stereocenters. The van der Waals surface area contributed by atoms with Crippen molar-refractivity contribution in [1.82, 2.24) is 19.7 Å². The van der Waals surface area contributed by atoms with E-state index in [1.54, 1.807) is 6.07 Å². The van der Waals surface area contributed by atoms with E-state index >= 15 is 0 Å². The summed E-state index contributed by atoms with van der Waals surface area (Å²) in [6.45, 7) is -0.287. The van der Waals surface area contributed by atoms with E-state index in [0.29, 0.717) is 17.6 Å². The average molecular weight is 419 g/mol. The maximum Gasteiger partial charge on any atom is 0.280 e. The first-order valence-corrected chi connectivity index (χ1v) is 8.58. The van der Waals surface area contributed by atoms with Crippen LogP contribution in [0.5, 0.6) is 11.6 Å². The molecule has 2 aromatic carbocycles. The minimum atomic E-state index is -1.03. The zero-order valence-corrected chi connectivity index (χ0v) is 15.2. The van der Waals surface area contributed by atoms with Crippen molar-refractivity contribution in [2.75, 3.05) is 0 Å². The molecular formula is C19H10ClF3N4O2. The first-order valence-electron chi connectivity index (χ1n) is 8.20. The molecule has 4 rings (SSSR count). The lowest BCUT2D eigenvalue weighted by molar-refractivity contribution is 0.456. The third-order valence-electron chi connectivity index (χ3n) is 4.09. The van der Waals surface area contributed by atoms with E-state index in [2.05, 4.69) is 15.2 Å². The number of ether oxygens (including phenoxy) is 1. The van der Waals surface area contributed by atoms with Gasteiger partial charge in [-0.2, -0.15) is 4.98 Å². The third kappa shape index (κ3) is 3.90. The first kappa shape index (κ1) is 18.9. The highest BCUT2D eigenvalue weighted by Gasteiger charge is 2.14. The molecule has 0 aliphatic rings. The molecule has 0 aliphatic heterocycles. The molecule has 0 radical (unpaired) electrons. The predicted molar refractivity (Wildman–Crippen MR) is 98.5 cm³/mol. The Morgan fingerprint density at radius 1 is 1.00 bits per heavy atom. The number of benzene rings is 2. The van der Waals surface area contributed by atoms with Crippen LogP contribution in [0.25, 0.3) is 10.9 Å². The molecule has 0 aliphatic carbocycles. The molecule has 10 heteroatoms. The molecule has 4 aromatic rings. The van der Waals surface area contributed by atoms with Crippen LogP contribution in [0.2, 0.25) is 5.15 Å². The van der Waals surface area contributed by atoms with Gasteiger partial charge in [0.05, 0.1) is 23.8 Å². The van der Waals surface area contributed by atoms with Crippen molar-refractivity contribution in [3.63, 3.8) is 0 Å². The van der Waals surface area contributed by atoms with Gasteiger partial charge < -0.3 is 9.30 Å². The van der Waals surface area contributed by atoms with E-state index in [-0.39, 0.29) is 34.3 Å². The van der Waals surface area contributed by atoms with Crippen LogP contribution in [0.15, 0.2) is 53.6 Å². The Bertz CT molecular complexity index is 1260. The van der Waals surface area contributed by atoms with Gasteiger partial charge in [-0.1, -0.05) is 11.6 Å². The Hall–Kier alpha value is -3.46. The van der Waals surface area contributed by atoms with Crippen LogP contribution in [0.1, 0.15) is 5.56 Å². The van der Waals surface area contributed by atoms with Gasteiger partial charge in [-0.25, -0.2) is 13.2 Å². The highest BCUT2D eigenvalue weighted by atomic mass is 35.5. The van der Waals surface area contributed by atoms with Crippen LogP contribution in [0.3, 0.4) is 0 Å². The molecule has 146 valence electrons. The van der Waals surface area contributed by atoms with Gasteiger partial charge >= 0.3 is 0 Å². The highest BCUT2D eigenvalue weighted by Crippen LogP contribution is 2.24. The maximum atomic E-state index is 14.0. The van der Waals surface area contributed by atoms with E-state index in [4.69, 9.17) is 16.3 Å². The summed E-state index contributed by atoms with van der Waals surface area (Å²) in [5.74, 6) is -2.64. The van der Waals surface area contributed by atoms with Crippen LogP contribution < -0.4 is 10.3 Å². The van der Waals surface area contributed by atoms with E-state index in [9.17, 15) is 18.0 Å². The summed E-state index contributed by atoms with van der Waals surface area (Å²) in [6, 6.07) is 8.69. The second-order valence-corrected chi connectivity index (χ2v) is 6.39. The molecular weight excluding hydrogens is 409 g/mol. The van der Waals surface area contributed by atoms with E-state index < -0.39 is 23.0 Å². The Balaban J connectivity index is 1.73. The van der Waals surface area contributed by atoms with E-state index in [1.807, 2.05) is 0 Å². The zero-order chi connectivity index (χ0) is 20.5. The summed E-state index contributed by atoms with van der Waals surface area (Å²) in [6.07, 6.45) is 1.16. The van der Waals surface area contributed by atoms with Gasteiger partial charge in [0.15, 0.2) is 5.15 Å². The van der Waals surface area contributed by atoms with Crippen LogP contribution in [0.4, 0.5) is 13.2 Å². The first-order chi connectivity index (χ1) is 13.9. The lowest BCUT2D eigenvalue weighted by Gasteiger charge is -2.12. The van der Waals surface area contributed by atoms with Crippen molar-refractivity contribution in [2.24, 2.45) is 0 Å². The fourth-order valence-electron chi connectivity index (χ4n) is 2.75. The van der Waals surface area contributed by atoms with Crippen molar-refractivity contribution in [3.8, 4) is 11.6 Å². The van der Waals surface area contributed by atoms with Gasteiger partial charge in [-0.05, 0) is 24.3 Å². The molecule has 0 saturated heterocycles. The smallest absolute Gasteiger partial charge is 0.280 e. The Kier molecular flexibility index (Phi) is 4.89. The molecule has 2 heterocycles. The third-order valence-corrected chi connectivity index (χ3v) is 4.29. The molecule has 2 aromatic heterocycles. The Morgan fingerprint density at radius 3 is 2.45 bits per heavy atom. The van der Waals surface area contributed by atoms with E-state index in [1.165, 1.54) is 28.8 Å². The standard InChI is InChI=1S/C19H10ClF3N4O2/c20-17-3-4-18(26-25-17)29-11-1-2-16-12(7-11)19(28)24-9-27(16)8-13-14(22)5-10(21)6-15(13)23/h1-7,9H,8H2. The van der Waals surface area contributed by atoms with Gasteiger partial charge in [-0.3, -0.25) is 4.79 Å².